The van der Waals surface area contributed by atoms with Gasteiger partial charge in [-0.25, -0.2) is 0 Å². The molecule has 0 unspecified atom stereocenters. The lowest BCUT2D eigenvalue weighted by molar-refractivity contribution is 0.204. The summed E-state index contributed by atoms with van der Waals surface area (Å²) in [6, 6.07) is 0. The first kappa shape index (κ1) is 17.2. The van der Waals surface area contributed by atoms with Crippen molar-refractivity contribution in [3.8, 4) is 0 Å². The third-order valence-corrected chi connectivity index (χ3v) is 4.73. The summed E-state index contributed by atoms with van der Waals surface area (Å²) in [5.41, 5.74) is 4.72. The van der Waals surface area contributed by atoms with Crippen LogP contribution < -0.4 is 15.2 Å². The Morgan fingerprint density at radius 1 is 1.35 bits per heavy atom. The van der Waals surface area contributed by atoms with E-state index in [-0.39, 0.29) is 19.0 Å². The number of hydrogen-bond acceptors (Lipinski definition) is 5. The number of hydrogen-bond donors (Lipinski definition) is 4. The molecule has 0 saturated heterocycles. The number of rotatable bonds is 7. The highest BCUT2D eigenvalue weighted by atomic mass is 32.2. The molecule has 0 bridgehead atoms. The summed E-state index contributed by atoms with van der Waals surface area (Å²) >= 11 is 0. The number of amidine groups is 1. The minimum absolute atomic E-state index is 0.0866. The van der Waals surface area contributed by atoms with Crippen LogP contribution in [0.25, 0.3) is 0 Å². The quantitative estimate of drug-likeness (QED) is 0.130. The van der Waals surface area contributed by atoms with Gasteiger partial charge in [-0.05, 0) is 12.8 Å². The van der Waals surface area contributed by atoms with Gasteiger partial charge in [0, 0.05) is 13.7 Å². The molecule has 1 rings (SSSR count). The Labute approximate surface area is 119 Å². The van der Waals surface area contributed by atoms with Crippen molar-refractivity contribution < 1.29 is 18.4 Å². The molecule has 0 aromatic carbocycles. The van der Waals surface area contributed by atoms with Gasteiger partial charge in [-0.1, -0.05) is 30.8 Å². The second kappa shape index (κ2) is 7.77. The maximum absolute atomic E-state index is 12.0. The van der Waals surface area contributed by atoms with E-state index < -0.39 is 15.7 Å². The molecule has 0 heterocycles. The van der Waals surface area contributed by atoms with Gasteiger partial charge in [0.05, 0.1) is 12.1 Å². The monoisotopic (exact) mass is 308 g/mol. The number of nitrogens with zero attached hydrogens (tertiary/aromatic N) is 1. The summed E-state index contributed by atoms with van der Waals surface area (Å²) in [5, 5.41) is 12.0. The van der Waals surface area contributed by atoms with E-state index in [0.717, 1.165) is 25.7 Å². The van der Waals surface area contributed by atoms with Gasteiger partial charge in [0.25, 0.3) is 10.2 Å². The third-order valence-electron chi connectivity index (χ3n) is 3.48. The fourth-order valence-corrected chi connectivity index (χ4v) is 3.66. The van der Waals surface area contributed by atoms with E-state index in [1.54, 1.807) is 0 Å². The van der Waals surface area contributed by atoms with Crippen LogP contribution in [0.5, 0.6) is 0 Å². The molecule has 1 fully saturated rings. The largest absolute Gasteiger partial charge is 0.409 e. The summed E-state index contributed by atoms with van der Waals surface area (Å²) in [5.74, 6) is -0.0866. The molecular formula is C11H24N4O4S. The molecule has 0 atom stereocenters. The van der Waals surface area contributed by atoms with Crippen molar-refractivity contribution in [2.75, 3.05) is 20.3 Å². The van der Waals surface area contributed by atoms with E-state index in [4.69, 9.17) is 15.7 Å². The zero-order chi connectivity index (χ0) is 15.1. The van der Waals surface area contributed by atoms with Crippen LogP contribution in [0.2, 0.25) is 0 Å². The zero-order valence-corrected chi connectivity index (χ0v) is 12.6. The average Bonchev–Trinajstić information content (AvgIpc) is 2.64. The first-order valence-electron chi connectivity index (χ1n) is 6.71. The van der Waals surface area contributed by atoms with Gasteiger partial charge in [-0.3, -0.25) is 0 Å². The van der Waals surface area contributed by atoms with Crippen molar-refractivity contribution in [3.63, 3.8) is 0 Å². The summed E-state index contributed by atoms with van der Waals surface area (Å²) in [6.07, 6.45) is 4.73. The highest BCUT2D eigenvalue weighted by Crippen LogP contribution is 2.28. The number of nitrogens with two attached hydrogens (primary N) is 1. The lowest BCUT2D eigenvalue weighted by Gasteiger charge is -2.32. The molecule has 9 heteroatoms. The van der Waals surface area contributed by atoms with Crippen molar-refractivity contribution in [1.29, 1.82) is 0 Å². The van der Waals surface area contributed by atoms with E-state index in [1.165, 1.54) is 7.11 Å². The van der Waals surface area contributed by atoms with Crippen molar-refractivity contribution >= 4 is 16.0 Å². The molecule has 0 aliphatic heterocycles. The highest BCUT2D eigenvalue weighted by molar-refractivity contribution is 7.87. The number of oxime groups is 1. The zero-order valence-electron chi connectivity index (χ0n) is 11.8. The Balaban J connectivity index is 2.84. The molecule has 1 aliphatic carbocycles. The van der Waals surface area contributed by atoms with Crippen LogP contribution in [-0.4, -0.2) is 45.3 Å². The molecule has 8 nitrogen and oxygen atoms in total. The number of ether oxygens (including phenoxy) is 1. The van der Waals surface area contributed by atoms with Crippen LogP contribution in [0.15, 0.2) is 5.16 Å². The van der Waals surface area contributed by atoms with Crippen molar-refractivity contribution in [1.82, 2.24) is 9.44 Å². The lowest BCUT2D eigenvalue weighted by Crippen LogP contribution is -2.59. The first-order chi connectivity index (χ1) is 9.46. The molecule has 0 amide bonds. The van der Waals surface area contributed by atoms with Gasteiger partial charge in [0.15, 0.2) is 5.84 Å². The summed E-state index contributed by atoms with van der Waals surface area (Å²) in [6.45, 7) is 0.440. The van der Waals surface area contributed by atoms with E-state index in [1.807, 2.05) is 0 Å². The first-order valence-corrected chi connectivity index (χ1v) is 8.19. The lowest BCUT2D eigenvalue weighted by atomic mass is 9.90. The van der Waals surface area contributed by atoms with Crippen LogP contribution in [0.4, 0.5) is 0 Å². The summed E-state index contributed by atoms with van der Waals surface area (Å²) < 4.78 is 33.8. The standard InChI is InChI=1S/C11H24N4O4S/c1-19-9-8-13-20(17,18)15-11(10(12)14-16)6-4-2-3-5-7-11/h13,15-16H,2-9H2,1H3,(H2,12,14). The van der Waals surface area contributed by atoms with E-state index in [9.17, 15) is 8.42 Å². The smallest absolute Gasteiger partial charge is 0.277 e. The number of nitrogens with one attached hydrogen (secondary N) is 2. The minimum atomic E-state index is -3.74. The van der Waals surface area contributed by atoms with Crippen molar-refractivity contribution in [2.45, 2.75) is 44.1 Å². The van der Waals surface area contributed by atoms with Crippen LogP contribution in [0, 0.1) is 0 Å². The SMILES string of the molecule is COCCNS(=O)(=O)NC1(C(N)=NO)CCCCCC1. The molecule has 1 aliphatic rings. The second-order valence-corrected chi connectivity index (χ2v) is 6.47. The molecule has 0 spiro atoms. The molecule has 0 aromatic heterocycles. The highest BCUT2D eigenvalue weighted by Gasteiger charge is 2.39. The van der Waals surface area contributed by atoms with E-state index >= 15 is 0 Å². The molecule has 5 N–H and O–H groups in total. The molecule has 0 aromatic rings. The normalized spacial score (nSPS) is 20.6. The van der Waals surface area contributed by atoms with Gasteiger partial charge in [0.1, 0.15) is 0 Å². The molecule has 20 heavy (non-hydrogen) atoms. The van der Waals surface area contributed by atoms with E-state index in [0.29, 0.717) is 12.8 Å². The maximum atomic E-state index is 12.0. The van der Waals surface area contributed by atoms with Crippen LogP contribution in [-0.2, 0) is 14.9 Å². The minimum Gasteiger partial charge on any atom is -0.409 e. The summed E-state index contributed by atoms with van der Waals surface area (Å²) in [7, 11) is -2.24. The Hall–Kier alpha value is -0.900. The van der Waals surface area contributed by atoms with Gasteiger partial charge in [-0.15, -0.1) is 0 Å². The van der Waals surface area contributed by atoms with Gasteiger partial charge in [-0.2, -0.15) is 17.9 Å². The molecule has 118 valence electrons. The Bertz CT molecular complexity index is 416. The van der Waals surface area contributed by atoms with E-state index in [2.05, 4.69) is 14.6 Å². The van der Waals surface area contributed by atoms with Gasteiger partial charge >= 0.3 is 0 Å². The number of methoxy groups -OCH3 is 1. The summed E-state index contributed by atoms with van der Waals surface area (Å²) in [4.78, 5) is 0. The Morgan fingerprint density at radius 3 is 2.45 bits per heavy atom. The fraction of sp³-hybridized carbons (Fsp3) is 0.909. The molecule has 0 radical (unpaired) electrons. The molecule has 1 saturated carbocycles. The average molecular weight is 308 g/mol. The third kappa shape index (κ3) is 4.89. The van der Waals surface area contributed by atoms with Crippen molar-refractivity contribution in [2.24, 2.45) is 10.9 Å². The van der Waals surface area contributed by atoms with Gasteiger partial charge < -0.3 is 15.7 Å². The Morgan fingerprint density at radius 2 is 1.95 bits per heavy atom. The predicted octanol–water partition coefficient (Wildman–Crippen LogP) is -0.104. The molecular weight excluding hydrogens is 284 g/mol. The Kier molecular flexibility index (Phi) is 6.66. The second-order valence-electron chi connectivity index (χ2n) is 4.97. The van der Waals surface area contributed by atoms with Crippen LogP contribution in [0.1, 0.15) is 38.5 Å². The van der Waals surface area contributed by atoms with Crippen LogP contribution >= 0.6 is 0 Å². The topological polar surface area (TPSA) is 126 Å². The van der Waals surface area contributed by atoms with Crippen molar-refractivity contribution in [3.05, 3.63) is 0 Å². The maximum Gasteiger partial charge on any atom is 0.277 e. The van der Waals surface area contributed by atoms with Crippen LogP contribution in [0.3, 0.4) is 0 Å². The van der Waals surface area contributed by atoms with Gasteiger partial charge in [0.2, 0.25) is 0 Å². The predicted molar refractivity (Wildman–Crippen MR) is 75.8 cm³/mol. The fourth-order valence-electron chi connectivity index (χ4n) is 2.41.